The lowest BCUT2D eigenvalue weighted by Gasteiger charge is -2.23. The van der Waals surface area contributed by atoms with E-state index in [1.54, 1.807) is 0 Å². The van der Waals surface area contributed by atoms with Crippen LogP contribution in [-0.2, 0) is 12.5 Å². The third-order valence-corrected chi connectivity index (χ3v) is 6.40. The van der Waals surface area contributed by atoms with Gasteiger partial charge in [-0.15, -0.1) is 11.3 Å². The maximum absolute atomic E-state index is 2.41. The molecule has 124 valence electrons. The molecule has 2 heterocycles. The topological polar surface area (TPSA) is 4.93 Å². The molecule has 0 fully saturated rings. The Morgan fingerprint density at radius 1 is 0.800 bits per heavy atom. The predicted octanol–water partition coefficient (Wildman–Crippen LogP) is 7.00. The van der Waals surface area contributed by atoms with Crippen LogP contribution in [-0.4, -0.2) is 4.57 Å². The van der Waals surface area contributed by atoms with Crippen LogP contribution < -0.4 is 0 Å². The van der Waals surface area contributed by atoms with Gasteiger partial charge in [0.15, 0.2) is 0 Å². The van der Waals surface area contributed by atoms with E-state index in [1.807, 2.05) is 11.3 Å². The van der Waals surface area contributed by atoms with Crippen LogP contribution in [0.1, 0.15) is 26.3 Å². The van der Waals surface area contributed by atoms with Gasteiger partial charge in [-0.25, -0.2) is 0 Å². The molecule has 5 rings (SSSR count). The number of rotatable bonds is 0. The maximum Gasteiger partial charge on any atom is 0.0533 e. The van der Waals surface area contributed by atoms with Gasteiger partial charge in [-0.1, -0.05) is 57.2 Å². The number of benzene rings is 3. The fraction of sp³-hybridized carbons (Fsp3) is 0.217. The zero-order chi connectivity index (χ0) is 17.3. The molecule has 0 radical (unpaired) electrons. The summed E-state index contributed by atoms with van der Waals surface area (Å²) in [7, 11) is 2.21. The van der Waals surface area contributed by atoms with Crippen LogP contribution in [0.3, 0.4) is 0 Å². The normalized spacial score (nSPS) is 12.8. The molecule has 0 N–H and O–H groups in total. The SMILES string of the molecule is Cn1c2ccccc2c2cc3sc4ccccc4c3c(C(C)(C)C)c21. The van der Waals surface area contributed by atoms with E-state index in [-0.39, 0.29) is 5.41 Å². The Bertz CT molecular complexity index is 1280. The van der Waals surface area contributed by atoms with Gasteiger partial charge in [0.05, 0.1) is 5.52 Å². The number of aromatic nitrogens is 1. The number of nitrogens with zero attached hydrogens (tertiary/aromatic N) is 1. The van der Waals surface area contributed by atoms with Gasteiger partial charge in [0.25, 0.3) is 0 Å². The van der Waals surface area contributed by atoms with Gasteiger partial charge >= 0.3 is 0 Å². The molecule has 0 unspecified atom stereocenters. The first-order chi connectivity index (χ1) is 12.0. The summed E-state index contributed by atoms with van der Waals surface area (Å²) in [6, 6.07) is 20.0. The molecule has 3 aromatic carbocycles. The van der Waals surface area contributed by atoms with Crippen LogP contribution in [0.15, 0.2) is 54.6 Å². The highest BCUT2D eigenvalue weighted by Gasteiger charge is 2.26. The molecule has 0 spiro atoms. The molecule has 0 aliphatic heterocycles. The zero-order valence-electron chi connectivity index (χ0n) is 15.1. The van der Waals surface area contributed by atoms with Crippen molar-refractivity contribution in [3.8, 4) is 0 Å². The lowest BCUT2D eigenvalue weighted by atomic mass is 9.82. The van der Waals surface area contributed by atoms with Crippen molar-refractivity contribution in [2.45, 2.75) is 26.2 Å². The molecule has 1 nitrogen and oxygen atoms in total. The minimum Gasteiger partial charge on any atom is -0.343 e. The van der Waals surface area contributed by atoms with E-state index in [0.29, 0.717) is 0 Å². The van der Waals surface area contributed by atoms with Crippen LogP contribution in [0.4, 0.5) is 0 Å². The molecule has 0 atom stereocenters. The maximum atomic E-state index is 2.41. The predicted molar refractivity (Wildman–Crippen MR) is 112 cm³/mol. The van der Waals surface area contributed by atoms with Crippen LogP contribution in [0.2, 0.25) is 0 Å². The lowest BCUT2D eigenvalue weighted by Crippen LogP contribution is -2.13. The molecule has 0 saturated heterocycles. The number of aryl methyl sites for hydroxylation is 1. The number of fused-ring (bicyclic) bond motifs is 6. The van der Waals surface area contributed by atoms with Crippen molar-refractivity contribution in [1.29, 1.82) is 0 Å². The summed E-state index contributed by atoms with van der Waals surface area (Å²) in [5.74, 6) is 0. The minimum atomic E-state index is 0.0732. The zero-order valence-corrected chi connectivity index (χ0v) is 15.9. The molecular weight excluding hydrogens is 322 g/mol. The summed E-state index contributed by atoms with van der Waals surface area (Å²) >= 11 is 1.92. The molecule has 0 bridgehead atoms. The molecule has 2 aromatic heterocycles. The Balaban J connectivity index is 2.16. The van der Waals surface area contributed by atoms with Gasteiger partial charge in [-0.3, -0.25) is 0 Å². The monoisotopic (exact) mass is 343 g/mol. The van der Waals surface area contributed by atoms with Gasteiger partial charge in [0.1, 0.15) is 0 Å². The Hall–Kier alpha value is -2.32. The van der Waals surface area contributed by atoms with E-state index >= 15 is 0 Å². The molecular formula is C23H21NS. The smallest absolute Gasteiger partial charge is 0.0533 e. The van der Waals surface area contributed by atoms with Gasteiger partial charge in [0.2, 0.25) is 0 Å². The Morgan fingerprint density at radius 2 is 1.48 bits per heavy atom. The van der Waals surface area contributed by atoms with Gasteiger partial charge in [-0.2, -0.15) is 0 Å². The standard InChI is InChI=1S/C23H21NS/c1-23(2,3)21-20-15-10-6-8-12-18(15)25-19(20)13-16-14-9-5-7-11-17(14)24(4)22(16)21/h5-13H,1-4H3. The third-order valence-electron chi connectivity index (χ3n) is 5.28. The highest BCUT2D eigenvalue weighted by Crippen LogP contribution is 2.46. The van der Waals surface area contributed by atoms with Gasteiger partial charge in [-0.05, 0) is 29.2 Å². The molecule has 2 heteroatoms. The fourth-order valence-corrected chi connectivity index (χ4v) is 5.43. The summed E-state index contributed by atoms with van der Waals surface area (Å²) in [6.45, 7) is 7.02. The average Bonchev–Trinajstić information content (AvgIpc) is 3.09. The fourth-order valence-electron chi connectivity index (χ4n) is 4.27. The Morgan fingerprint density at radius 3 is 2.24 bits per heavy atom. The van der Waals surface area contributed by atoms with E-state index in [2.05, 4.69) is 87.0 Å². The molecule has 0 saturated carbocycles. The molecule has 0 amide bonds. The second-order valence-electron chi connectivity index (χ2n) is 7.95. The number of hydrogen-bond acceptors (Lipinski definition) is 1. The van der Waals surface area contributed by atoms with E-state index < -0.39 is 0 Å². The van der Waals surface area contributed by atoms with Crippen molar-refractivity contribution in [3.63, 3.8) is 0 Å². The van der Waals surface area contributed by atoms with Crippen LogP contribution in [0.5, 0.6) is 0 Å². The summed E-state index contributed by atoms with van der Waals surface area (Å²) in [4.78, 5) is 0. The first-order valence-electron chi connectivity index (χ1n) is 8.78. The second-order valence-corrected chi connectivity index (χ2v) is 9.03. The van der Waals surface area contributed by atoms with E-state index in [9.17, 15) is 0 Å². The Labute approximate surface area is 151 Å². The second kappa shape index (κ2) is 4.86. The molecule has 0 aliphatic rings. The molecule has 5 aromatic rings. The van der Waals surface area contributed by atoms with Gasteiger partial charge < -0.3 is 4.57 Å². The summed E-state index contributed by atoms with van der Waals surface area (Å²) < 4.78 is 5.16. The van der Waals surface area contributed by atoms with Crippen LogP contribution in [0, 0.1) is 0 Å². The van der Waals surface area contributed by atoms with E-state index in [1.165, 1.54) is 47.5 Å². The average molecular weight is 343 g/mol. The van der Waals surface area contributed by atoms with E-state index in [0.717, 1.165) is 0 Å². The van der Waals surface area contributed by atoms with Crippen molar-refractivity contribution >= 4 is 53.3 Å². The highest BCUT2D eigenvalue weighted by atomic mass is 32.1. The van der Waals surface area contributed by atoms with Crippen molar-refractivity contribution in [1.82, 2.24) is 4.57 Å². The molecule has 0 aliphatic carbocycles. The summed E-state index contributed by atoms with van der Waals surface area (Å²) in [5, 5.41) is 5.55. The summed E-state index contributed by atoms with van der Waals surface area (Å²) in [5.41, 5.74) is 4.23. The van der Waals surface area contributed by atoms with Crippen LogP contribution in [0.25, 0.3) is 42.0 Å². The molecule has 25 heavy (non-hydrogen) atoms. The Kier molecular flexibility index (Phi) is 2.91. The third kappa shape index (κ3) is 1.95. The summed E-state index contributed by atoms with van der Waals surface area (Å²) in [6.07, 6.45) is 0. The van der Waals surface area contributed by atoms with E-state index in [4.69, 9.17) is 0 Å². The first-order valence-corrected chi connectivity index (χ1v) is 9.60. The van der Waals surface area contributed by atoms with Gasteiger partial charge in [0, 0.05) is 43.5 Å². The highest BCUT2D eigenvalue weighted by molar-refractivity contribution is 7.26. The lowest BCUT2D eigenvalue weighted by molar-refractivity contribution is 0.599. The van der Waals surface area contributed by atoms with Crippen LogP contribution >= 0.6 is 11.3 Å². The van der Waals surface area contributed by atoms with Crippen molar-refractivity contribution < 1.29 is 0 Å². The minimum absolute atomic E-state index is 0.0732. The number of hydrogen-bond donors (Lipinski definition) is 0. The van der Waals surface area contributed by atoms with Crippen molar-refractivity contribution in [2.75, 3.05) is 0 Å². The van der Waals surface area contributed by atoms with Crippen molar-refractivity contribution in [2.24, 2.45) is 7.05 Å². The van der Waals surface area contributed by atoms with Crippen molar-refractivity contribution in [3.05, 3.63) is 60.2 Å². The largest absolute Gasteiger partial charge is 0.343 e. The number of para-hydroxylation sites is 1. The first kappa shape index (κ1) is 15.0. The number of thiophene rings is 1. The quantitative estimate of drug-likeness (QED) is 0.285.